The minimum Gasteiger partial charge on any atom is -0.315 e. The van der Waals surface area contributed by atoms with E-state index >= 15 is 0 Å². The van der Waals surface area contributed by atoms with Crippen LogP contribution in [-0.2, 0) is 6.54 Å². The van der Waals surface area contributed by atoms with E-state index in [1.165, 1.54) is 0 Å². The maximum atomic E-state index is 11.6. The van der Waals surface area contributed by atoms with Gasteiger partial charge in [0.25, 0.3) is 5.56 Å². The molecular formula is C11H15Br2NO. The number of nitrogens with zero attached hydrogens (tertiary/aromatic N) is 1. The summed E-state index contributed by atoms with van der Waals surface area (Å²) in [5.41, 5.74) is 0.0588. The lowest BCUT2D eigenvalue weighted by Gasteiger charge is -2.10. The molecule has 0 aromatic carbocycles. The van der Waals surface area contributed by atoms with Crippen LogP contribution in [0.3, 0.4) is 0 Å². The lowest BCUT2D eigenvalue weighted by Crippen LogP contribution is -2.20. The summed E-state index contributed by atoms with van der Waals surface area (Å²) >= 11 is 6.67. The normalized spacial score (nSPS) is 12.7. The van der Waals surface area contributed by atoms with Gasteiger partial charge in [-0.25, -0.2) is 0 Å². The van der Waals surface area contributed by atoms with E-state index in [0.717, 1.165) is 24.7 Å². The molecule has 0 saturated carbocycles. The number of hydrogen-bond acceptors (Lipinski definition) is 1. The molecule has 1 aromatic rings. The molecule has 1 aromatic heterocycles. The number of hydrogen-bond donors (Lipinski definition) is 0. The van der Waals surface area contributed by atoms with Gasteiger partial charge in [-0.05, 0) is 46.8 Å². The lowest BCUT2D eigenvalue weighted by molar-refractivity contribution is 0.466. The Kier molecular flexibility index (Phi) is 5.61. The molecule has 0 saturated heterocycles. The van der Waals surface area contributed by atoms with Gasteiger partial charge in [-0.3, -0.25) is 4.79 Å². The van der Waals surface area contributed by atoms with Gasteiger partial charge < -0.3 is 4.57 Å². The zero-order valence-corrected chi connectivity index (χ0v) is 11.9. The molecule has 0 amide bonds. The van der Waals surface area contributed by atoms with Crippen molar-refractivity contribution in [1.82, 2.24) is 4.57 Å². The van der Waals surface area contributed by atoms with Crippen LogP contribution in [-0.4, -0.2) is 9.90 Å². The van der Waals surface area contributed by atoms with Crippen molar-refractivity contribution in [2.45, 2.75) is 26.3 Å². The second-order valence-corrected chi connectivity index (χ2v) is 5.37. The minimum absolute atomic E-state index is 0.0588. The first-order valence-corrected chi connectivity index (χ1v) is 6.97. The van der Waals surface area contributed by atoms with Crippen molar-refractivity contribution >= 4 is 31.9 Å². The van der Waals surface area contributed by atoms with Gasteiger partial charge in [0.15, 0.2) is 0 Å². The van der Waals surface area contributed by atoms with Crippen molar-refractivity contribution in [3.05, 3.63) is 33.2 Å². The highest BCUT2D eigenvalue weighted by molar-refractivity contribution is 9.10. The Labute approximate surface area is 107 Å². The predicted molar refractivity (Wildman–Crippen MR) is 70.6 cm³/mol. The number of pyridine rings is 1. The average molecular weight is 337 g/mol. The predicted octanol–water partition coefficient (Wildman–Crippen LogP) is 3.42. The van der Waals surface area contributed by atoms with Crippen LogP contribution in [0.4, 0.5) is 0 Å². The van der Waals surface area contributed by atoms with E-state index in [9.17, 15) is 4.79 Å². The molecule has 1 rings (SSSR count). The quantitative estimate of drug-likeness (QED) is 0.755. The highest BCUT2D eigenvalue weighted by Gasteiger charge is 2.03. The number of aromatic nitrogens is 1. The molecule has 0 fully saturated rings. The standard InChI is InChI=1S/C11H15Br2NO/c1-9(4-6-12)5-8-14-7-2-3-10(13)11(14)15/h2-3,7,9H,4-6,8H2,1H3. The Balaban J connectivity index is 2.58. The van der Waals surface area contributed by atoms with Crippen LogP contribution < -0.4 is 5.56 Å². The molecular weight excluding hydrogens is 322 g/mol. The maximum absolute atomic E-state index is 11.6. The Hall–Kier alpha value is -0.0900. The van der Waals surface area contributed by atoms with Crippen molar-refractivity contribution in [3.63, 3.8) is 0 Å². The Morgan fingerprint density at radius 3 is 2.87 bits per heavy atom. The van der Waals surface area contributed by atoms with E-state index in [1.54, 1.807) is 10.6 Å². The maximum Gasteiger partial charge on any atom is 0.264 e. The van der Waals surface area contributed by atoms with Gasteiger partial charge >= 0.3 is 0 Å². The topological polar surface area (TPSA) is 22.0 Å². The average Bonchev–Trinajstić information content (AvgIpc) is 2.21. The first-order chi connectivity index (χ1) is 7.15. The Bertz CT molecular complexity index is 362. The highest BCUT2D eigenvalue weighted by Crippen LogP contribution is 2.10. The lowest BCUT2D eigenvalue weighted by atomic mass is 10.1. The number of rotatable bonds is 5. The minimum atomic E-state index is 0.0588. The molecule has 0 aliphatic rings. The third kappa shape index (κ3) is 4.11. The summed E-state index contributed by atoms with van der Waals surface area (Å²) in [6.07, 6.45) is 4.04. The van der Waals surface area contributed by atoms with Crippen molar-refractivity contribution in [2.75, 3.05) is 5.33 Å². The summed E-state index contributed by atoms with van der Waals surface area (Å²) in [6, 6.07) is 3.67. The summed E-state index contributed by atoms with van der Waals surface area (Å²) in [5, 5.41) is 1.03. The van der Waals surface area contributed by atoms with Gasteiger partial charge in [0.05, 0.1) is 4.47 Å². The second-order valence-electron chi connectivity index (χ2n) is 3.73. The van der Waals surface area contributed by atoms with Crippen LogP contribution in [0, 0.1) is 5.92 Å². The van der Waals surface area contributed by atoms with E-state index in [4.69, 9.17) is 0 Å². The Morgan fingerprint density at radius 2 is 2.20 bits per heavy atom. The largest absolute Gasteiger partial charge is 0.315 e. The van der Waals surface area contributed by atoms with Crippen molar-refractivity contribution in [2.24, 2.45) is 5.92 Å². The van der Waals surface area contributed by atoms with Gasteiger partial charge in [0, 0.05) is 18.1 Å². The Morgan fingerprint density at radius 1 is 1.47 bits per heavy atom. The summed E-state index contributed by atoms with van der Waals surface area (Å²) in [7, 11) is 0. The fourth-order valence-electron chi connectivity index (χ4n) is 1.37. The molecule has 0 bridgehead atoms. The molecule has 0 spiro atoms. The fraction of sp³-hybridized carbons (Fsp3) is 0.545. The first-order valence-electron chi connectivity index (χ1n) is 5.06. The molecule has 0 aliphatic heterocycles. The van der Waals surface area contributed by atoms with Crippen LogP contribution >= 0.6 is 31.9 Å². The van der Waals surface area contributed by atoms with Crippen LogP contribution in [0.5, 0.6) is 0 Å². The van der Waals surface area contributed by atoms with Gasteiger partial charge in [0.1, 0.15) is 0 Å². The van der Waals surface area contributed by atoms with Crippen molar-refractivity contribution in [3.8, 4) is 0 Å². The van der Waals surface area contributed by atoms with E-state index in [2.05, 4.69) is 38.8 Å². The van der Waals surface area contributed by atoms with E-state index < -0.39 is 0 Å². The second kappa shape index (κ2) is 6.48. The van der Waals surface area contributed by atoms with Crippen LogP contribution in [0.25, 0.3) is 0 Å². The molecule has 1 atom stereocenters. The summed E-state index contributed by atoms with van der Waals surface area (Å²) < 4.78 is 2.40. The summed E-state index contributed by atoms with van der Waals surface area (Å²) in [4.78, 5) is 11.6. The van der Waals surface area contributed by atoms with Crippen LogP contribution in [0.15, 0.2) is 27.6 Å². The van der Waals surface area contributed by atoms with Crippen molar-refractivity contribution in [1.29, 1.82) is 0 Å². The molecule has 84 valence electrons. The van der Waals surface area contributed by atoms with E-state index in [1.807, 2.05) is 12.3 Å². The molecule has 4 heteroatoms. The van der Waals surface area contributed by atoms with E-state index in [0.29, 0.717) is 10.4 Å². The monoisotopic (exact) mass is 335 g/mol. The number of alkyl halides is 1. The highest BCUT2D eigenvalue weighted by atomic mass is 79.9. The zero-order valence-electron chi connectivity index (χ0n) is 8.75. The SMILES string of the molecule is CC(CCBr)CCn1cccc(Br)c1=O. The number of halogens is 2. The third-order valence-electron chi connectivity index (χ3n) is 2.44. The van der Waals surface area contributed by atoms with Gasteiger partial charge in [-0.2, -0.15) is 0 Å². The van der Waals surface area contributed by atoms with Gasteiger partial charge in [0.2, 0.25) is 0 Å². The van der Waals surface area contributed by atoms with Gasteiger partial charge in [-0.15, -0.1) is 0 Å². The summed E-state index contributed by atoms with van der Waals surface area (Å²) in [5.74, 6) is 0.648. The molecule has 1 unspecified atom stereocenters. The third-order valence-corrected chi connectivity index (χ3v) is 3.50. The van der Waals surface area contributed by atoms with Crippen molar-refractivity contribution < 1.29 is 0 Å². The molecule has 0 N–H and O–H groups in total. The first kappa shape index (κ1) is 13.0. The molecule has 2 nitrogen and oxygen atoms in total. The zero-order chi connectivity index (χ0) is 11.3. The molecule has 15 heavy (non-hydrogen) atoms. The number of aryl methyl sites for hydroxylation is 1. The summed E-state index contributed by atoms with van der Waals surface area (Å²) in [6.45, 7) is 3.01. The molecule has 1 heterocycles. The van der Waals surface area contributed by atoms with E-state index in [-0.39, 0.29) is 5.56 Å². The molecule has 0 aliphatic carbocycles. The smallest absolute Gasteiger partial charge is 0.264 e. The fourth-order valence-corrected chi connectivity index (χ4v) is 2.54. The van der Waals surface area contributed by atoms with Crippen LogP contribution in [0.1, 0.15) is 19.8 Å². The van der Waals surface area contributed by atoms with Gasteiger partial charge in [-0.1, -0.05) is 22.9 Å². The van der Waals surface area contributed by atoms with Crippen LogP contribution in [0.2, 0.25) is 0 Å². The molecule has 0 radical (unpaired) electrons.